The molecular formula is C11H11BrF2O3. The highest BCUT2D eigenvalue weighted by molar-refractivity contribution is 9.08. The van der Waals surface area contributed by atoms with Gasteiger partial charge in [0.2, 0.25) is 0 Å². The highest BCUT2D eigenvalue weighted by Crippen LogP contribution is 2.26. The van der Waals surface area contributed by atoms with Crippen LogP contribution in [0.25, 0.3) is 0 Å². The summed E-state index contributed by atoms with van der Waals surface area (Å²) in [6.45, 7) is -1.29. The third-order valence-corrected chi connectivity index (χ3v) is 2.77. The predicted molar refractivity (Wildman–Crippen MR) is 61.8 cm³/mol. The van der Waals surface area contributed by atoms with Crippen molar-refractivity contribution in [2.24, 2.45) is 0 Å². The second-order valence-corrected chi connectivity index (χ2v) is 3.84. The summed E-state index contributed by atoms with van der Waals surface area (Å²) in [5, 5.41) is 0.424. The minimum absolute atomic E-state index is 0.0231. The first kappa shape index (κ1) is 13.9. The van der Waals surface area contributed by atoms with Crippen LogP contribution in [0.15, 0.2) is 12.1 Å². The third kappa shape index (κ3) is 3.39. The molecule has 0 aliphatic heterocycles. The first-order valence-corrected chi connectivity index (χ1v) is 5.84. The summed E-state index contributed by atoms with van der Waals surface area (Å²) in [5.41, 5.74) is 1.41. The topological polar surface area (TPSA) is 35.5 Å². The molecule has 0 unspecified atom stereocenters. The molecule has 0 heterocycles. The maximum Gasteiger partial charge on any atom is 0.387 e. The summed E-state index contributed by atoms with van der Waals surface area (Å²) in [6, 6.07) is 2.88. The van der Waals surface area contributed by atoms with Crippen molar-refractivity contribution in [3.05, 3.63) is 28.8 Å². The monoisotopic (exact) mass is 308 g/mol. The van der Waals surface area contributed by atoms with Gasteiger partial charge in [-0.1, -0.05) is 22.0 Å². The highest BCUT2D eigenvalue weighted by Gasteiger charge is 2.16. The van der Waals surface area contributed by atoms with E-state index >= 15 is 0 Å². The Morgan fingerprint density at radius 1 is 1.47 bits per heavy atom. The Kier molecular flexibility index (Phi) is 4.86. The molecule has 0 radical (unpaired) electrons. The lowest BCUT2D eigenvalue weighted by molar-refractivity contribution is -0.0503. The van der Waals surface area contributed by atoms with Gasteiger partial charge >= 0.3 is 12.6 Å². The Labute approximate surface area is 106 Å². The van der Waals surface area contributed by atoms with Gasteiger partial charge in [-0.3, -0.25) is 0 Å². The lowest BCUT2D eigenvalue weighted by Crippen LogP contribution is -2.09. The van der Waals surface area contributed by atoms with Gasteiger partial charge in [0.05, 0.1) is 12.7 Å². The number of alkyl halides is 3. The van der Waals surface area contributed by atoms with E-state index in [-0.39, 0.29) is 11.3 Å². The van der Waals surface area contributed by atoms with Crippen LogP contribution >= 0.6 is 15.9 Å². The van der Waals surface area contributed by atoms with Crippen molar-refractivity contribution >= 4 is 21.9 Å². The van der Waals surface area contributed by atoms with E-state index in [0.717, 1.165) is 0 Å². The average molecular weight is 309 g/mol. The van der Waals surface area contributed by atoms with Crippen LogP contribution in [0.4, 0.5) is 8.78 Å². The van der Waals surface area contributed by atoms with Gasteiger partial charge in [-0.15, -0.1) is 0 Å². The maximum absolute atomic E-state index is 12.1. The fraction of sp³-hybridized carbons (Fsp3) is 0.364. The van der Waals surface area contributed by atoms with Gasteiger partial charge in [0.1, 0.15) is 5.75 Å². The van der Waals surface area contributed by atoms with E-state index in [9.17, 15) is 13.6 Å². The number of ether oxygens (including phenoxy) is 2. The Morgan fingerprint density at radius 2 is 2.12 bits per heavy atom. The molecule has 0 bridgehead atoms. The molecule has 6 heteroatoms. The van der Waals surface area contributed by atoms with Crippen LogP contribution in [0.5, 0.6) is 5.75 Å². The van der Waals surface area contributed by atoms with Gasteiger partial charge in [-0.05, 0) is 24.1 Å². The Hall–Kier alpha value is -1.17. The second kappa shape index (κ2) is 5.95. The molecule has 0 saturated heterocycles. The Morgan fingerprint density at radius 3 is 2.59 bits per heavy atom. The molecule has 0 aliphatic carbocycles. The molecule has 1 aromatic rings. The summed E-state index contributed by atoms with van der Waals surface area (Å²) in [7, 11) is 1.23. The fourth-order valence-corrected chi connectivity index (χ4v) is 1.85. The third-order valence-electron chi connectivity index (χ3n) is 2.17. The van der Waals surface area contributed by atoms with Crippen LogP contribution in [0.3, 0.4) is 0 Å². The molecule has 0 amide bonds. The maximum atomic E-state index is 12.1. The number of aryl methyl sites for hydroxylation is 1. The number of rotatable bonds is 4. The van der Waals surface area contributed by atoms with E-state index in [1.54, 1.807) is 13.0 Å². The Balaban J connectivity index is 3.22. The molecule has 0 aliphatic rings. The summed E-state index contributed by atoms with van der Waals surface area (Å²) >= 11 is 3.22. The van der Waals surface area contributed by atoms with Crippen molar-refractivity contribution in [3.8, 4) is 5.75 Å². The average Bonchev–Trinajstić information content (AvgIpc) is 2.29. The molecule has 3 nitrogen and oxygen atoms in total. The van der Waals surface area contributed by atoms with E-state index in [0.29, 0.717) is 16.5 Å². The lowest BCUT2D eigenvalue weighted by Gasteiger charge is -2.12. The number of hydrogen-bond acceptors (Lipinski definition) is 3. The van der Waals surface area contributed by atoms with Gasteiger partial charge in [0.15, 0.2) is 0 Å². The second-order valence-electron chi connectivity index (χ2n) is 3.28. The van der Waals surface area contributed by atoms with Crippen molar-refractivity contribution in [1.29, 1.82) is 0 Å². The fourth-order valence-electron chi connectivity index (χ4n) is 1.38. The largest absolute Gasteiger partial charge is 0.465 e. The van der Waals surface area contributed by atoms with Crippen LogP contribution < -0.4 is 4.74 Å². The van der Waals surface area contributed by atoms with Gasteiger partial charge in [0, 0.05) is 5.33 Å². The summed E-state index contributed by atoms with van der Waals surface area (Å²) in [6.07, 6.45) is 0. The molecule has 0 atom stereocenters. The van der Waals surface area contributed by atoms with Crippen LogP contribution in [0.2, 0.25) is 0 Å². The number of esters is 1. The SMILES string of the molecule is COC(=O)c1cc(OC(F)F)c(C)cc1CBr. The van der Waals surface area contributed by atoms with Crippen LogP contribution in [0, 0.1) is 6.92 Å². The molecule has 0 saturated carbocycles. The Bertz CT molecular complexity index is 421. The quantitative estimate of drug-likeness (QED) is 0.632. The standard InChI is InChI=1S/C11H11BrF2O3/c1-6-3-7(5-12)8(10(15)16-2)4-9(6)17-11(13)14/h3-4,11H,5H2,1-2H3. The normalized spacial score (nSPS) is 10.5. The van der Waals surface area contributed by atoms with Crippen molar-refractivity contribution in [2.75, 3.05) is 7.11 Å². The van der Waals surface area contributed by atoms with E-state index < -0.39 is 12.6 Å². The van der Waals surface area contributed by atoms with E-state index in [1.807, 2.05) is 0 Å². The molecule has 0 aromatic heterocycles. The zero-order valence-electron chi connectivity index (χ0n) is 9.30. The van der Waals surface area contributed by atoms with Gasteiger partial charge in [0.25, 0.3) is 0 Å². The number of methoxy groups -OCH3 is 1. The van der Waals surface area contributed by atoms with Crippen molar-refractivity contribution < 1.29 is 23.0 Å². The van der Waals surface area contributed by atoms with Crippen LogP contribution in [-0.2, 0) is 10.1 Å². The molecule has 0 fully saturated rings. The smallest absolute Gasteiger partial charge is 0.387 e. The van der Waals surface area contributed by atoms with Crippen LogP contribution in [-0.4, -0.2) is 19.7 Å². The number of halogens is 3. The van der Waals surface area contributed by atoms with Gasteiger partial charge < -0.3 is 9.47 Å². The van der Waals surface area contributed by atoms with E-state index in [4.69, 9.17) is 0 Å². The first-order chi connectivity index (χ1) is 7.99. The van der Waals surface area contributed by atoms with Gasteiger partial charge in [-0.2, -0.15) is 8.78 Å². The molecule has 94 valence electrons. The minimum Gasteiger partial charge on any atom is -0.465 e. The zero-order valence-corrected chi connectivity index (χ0v) is 10.9. The first-order valence-electron chi connectivity index (χ1n) is 4.72. The molecule has 1 rings (SSSR count). The molecule has 17 heavy (non-hydrogen) atoms. The number of carbonyl (C=O) groups is 1. The van der Waals surface area contributed by atoms with Crippen molar-refractivity contribution in [1.82, 2.24) is 0 Å². The highest BCUT2D eigenvalue weighted by atomic mass is 79.9. The molecule has 0 spiro atoms. The van der Waals surface area contributed by atoms with Crippen LogP contribution in [0.1, 0.15) is 21.5 Å². The summed E-state index contributed by atoms with van der Waals surface area (Å²) < 4.78 is 33.2. The molecular weight excluding hydrogens is 298 g/mol. The van der Waals surface area contributed by atoms with Crippen molar-refractivity contribution in [3.63, 3.8) is 0 Å². The van der Waals surface area contributed by atoms with Gasteiger partial charge in [-0.25, -0.2) is 4.79 Å². The lowest BCUT2D eigenvalue weighted by atomic mass is 10.0. The minimum atomic E-state index is -2.92. The van der Waals surface area contributed by atoms with E-state index in [1.165, 1.54) is 13.2 Å². The van der Waals surface area contributed by atoms with Crippen molar-refractivity contribution in [2.45, 2.75) is 18.9 Å². The zero-order chi connectivity index (χ0) is 13.0. The summed E-state index contributed by atoms with van der Waals surface area (Å²) in [5.74, 6) is -0.608. The molecule has 0 N–H and O–H groups in total. The molecule has 1 aromatic carbocycles. The van der Waals surface area contributed by atoms with E-state index in [2.05, 4.69) is 25.4 Å². The number of carbonyl (C=O) groups excluding carboxylic acids is 1. The predicted octanol–water partition coefficient (Wildman–Crippen LogP) is 3.28. The number of hydrogen-bond donors (Lipinski definition) is 0. The summed E-state index contributed by atoms with van der Waals surface area (Å²) in [4.78, 5) is 11.5. The number of benzene rings is 1.